The van der Waals surface area contributed by atoms with Crippen LogP contribution in [0.2, 0.25) is 36.3 Å². The van der Waals surface area contributed by atoms with E-state index in [0.29, 0.717) is 87.8 Å². The van der Waals surface area contributed by atoms with E-state index in [4.69, 9.17) is 43.0 Å². The molecule has 2 saturated heterocycles. The quantitative estimate of drug-likeness (QED) is 0.0415. The van der Waals surface area contributed by atoms with Crippen LogP contribution in [0.25, 0.3) is 0 Å². The van der Waals surface area contributed by atoms with Crippen LogP contribution in [-0.2, 0) is 32.0 Å². The van der Waals surface area contributed by atoms with Crippen LogP contribution < -0.4 is 30.0 Å². The van der Waals surface area contributed by atoms with Gasteiger partial charge in [0, 0.05) is 44.0 Å². The molecular weight excluding hydrogens is 1030 g/mol. The first kappa shape index (κ1) is 61.1. The summed E-state index contributed by atoms with van der Waals surface area (Å²) >= 11 is 0. The Hall–Kier alpha value is -6.10. The van der Waals surface area contributed by atoms with Crippen LogP contribution >= 0.6 is 0 Å². The predicted octanol–water partition coefficient (Wildman–Crippen LogP) is 11.0. The number of hydrogen-bond donors (Lipinski definition) is 2. The molecule has 2 fully saturated rings. The molecule has 0 radical (unpaired) electrons. The number of likely N-dealkylation sites (tertiary alicyclic amines) is 2. The number of rotatable bonds is 22. The lowest BCUT2D eigenvalue weighted by molar-refractivity contribution is 0.0674. The van der Waals surface area contributed by atoms with E-state index in [9.17, 15) is 24.0 Å². The molecular formula is C58H85N5O13Si2. The third-order valence-electron chi connectivity index (χ3n) is 16.1. The molecule has 2 atom stereocenters. The monoisotopic (exact) mass is 1120 g/mol. The number of methoxy groups -OCH3 is 3. The Morgan fingerprint density at radius 2 is 1.31 bits per heavy atom. The number of nitrogens with zero attached hydrogens (tertiary/aromatic N) is 3. The molecule has 3 aliphatic rings. The predicted molar refractivity (Wildman–Crippen MR) is 306 cm³/mol. The molecule has 3 aromatic rings. The van der Waals surface area contributed by atoms with Crippen LogP contribution in [0.5, 0.6) is 23.0 Å². The molecule has 20 heteroatoms. The van der Waals surface area contributed by atoms with Crippen molar-refractivity contribution in [3.63, 3.8) is 0 Å². The minimum atomic E-state index is -2.17. The van der Waals surface area contributed by atoms with Crippen LogP contribution in [0.3, 0.4) is 0 Å². The molecule has 2 aromatic carbocycles. The van der Waals surface area contributed by atoms with Gasteiger partial charge in [0.2, 0.25) is 11.6 Å². The Balaban J connectivity index is 1.13. The standard InChI is InChI=1S/C58H85N5O13Si2/c1-36-23-38(33-75-77(14,15)56(2,3)4)62(31-36)53(66)40-25-46(69-11)48(27-43(40)59)72-21-19-18-20-22-73-49-28-44(60-55(68)74-32-37-24-42-51(61(37)10)45(64)29-50(71-13)52(42)65)41(26-47(49)70-12)54(67)63-35-58(8,9)30-39(63)34-76-78(16,17)57(5,6)7/h24-29,38-39H,1,18-23,30-35,59H2,2-17H3,(H,60,68)/t38-,39-/m0/s1. The van der Waals surface area contributed by atoms with Gasteiger partial charge < -0.3 is 57.4 Å². The van der Waals surface area contributed by atoms with E-state index in [1.807, 2.05) is 4.90 Å². The number of carbonyl (C=O) groups is 5. The van der Waals surface area contributed by atoms with Gasteiger partial charge in [-0.05, 0) is 92.0 Å². The second kappa shape index (κ2) is 24.1. The molecule has 428 valence electrons. The van der Waals surface area contributed by atoms with E-state index in [-0.39, 0.29) is 98.1 Å². The van der Waals surface area contributed by atoms with Gasteiger partial charge in [0.15, 0.2) is 45.4 Å². The van der Waals surface area contributed by atoms with Crippen molar-refractivity contribution in [1.29, 1.82) is 0 Å². The summed E-state index contributed by atoms with van der Waals surface area (Å²) in [6.07, 6.45) is 3.59. The van der Waals surface area contributed by atoms with Gasteiger partial charge in [0.1, 0.15) is 12.3 Å². The smallest absolute Gasteiger partial charge is 0.412 e. The van der Waals surface area contributed by atoms with Crippen LogP contribution in [0, 0.1) is 5.41 Å². The minimum Gasteiger partial charge on any atom is -0.493 e. The van der Waals surface area contributed by atoms with E-state index >= 15 is 0 Å². The zero-order chi connectivity index (χ0) is 57.9. The van der Waals surface area contributed by atoms with Crippen LogP contribution in [-0.4, -0.2) is 133 Å². The number of aromatic nitrogens is 1. The van der Waals surface area contributed by atoms with Crippen molar-refractivity contribution in [2.24, 2.45) is 12.5 Å². The summed E-state index contributed by atoms with van der Waals surface area (Å²) in [5, 5.41) is 2.78. The molecule has 0 bridgehead atoms. The molecule has 0 saturated carbocycles. The molecule has 78 heavy (non-hydrogen) atoms. The van der Waals surface area contributed by atoms with Crippen molar-refractivity contribution >= 4 is 57.5 Å². The van der Waals surface area contributed by atoms with Gasteiger partial charge in [-0.1, -0.05) is 67.5 Å². The van der Waals surface area contributed by atoms with Crippen molar-refractivity contribution in [1.82, 2.24) is 14.4 Å². The maximum absolute atomic E-state index is 14.9. The number of fused-ring (bicyclic) bond motifs is 1. The van der Waals surface area contributed by atoms with E-state index in [1.54, 1.807) is 36.2 Å². The number of benzene rings is 2. The van der Waals surface area contributed by atoms with Crippen molar-refractivity contribution in [2.45, 2.75) is 142 Å². The zero-order valence-corrected chi connectivity index (χ0v) is 51.0. The highest BCUT2D eigenvalue weighted by Crippen LogP contribution is 2.43. The third kappa shape index (κ3) is 13.8. The van der Waals surface area contributed by atoms with Crippen molar-refractivity contribution in [3.05, 3.63) is 82.4 Å². The molecule has 2 aliphatic heterocycles. The molecule has 3 amide bonds. The minimum absolute atomic E-state index is 0.0313. The fourth-order valence-corrected chi connectivity index (χ4v) is 11.5. The number of ether oxygens (including phenoxy) is 6. The summed E-state index contributed by atoms with van der Waals surface area (Å²) in [5.74, 6) is -0.104. The molecule has 6 rings (SSSR count). The maximum atomic E-state index is 14.9. The Labute approximate surface area is 463 Å². The molecule has 18 nitrogen and oxygen atoms in total. The summed E-state index contributed by atoms with van der Waals surface area (Å²) in [6, 6.07) is 7.51. The SMILES string of the molecule is C=C1C[C@@H](CO[Si](C)(C)C(C)(C)C)N(C(=O)c2cc(OC)c(OCCCCCOc3cc(NC(=O)OCc4cc5c(n4C)C(=O)C=C(OC)C5=O)c(C(=O)N4CC(C)(C)C[C@H]4CO[Si](C)(C)C(C)(C)C)cc3OC)cc2N)C1. The van der Waals surface area contributed by atoms with Gasteiger partial charge in [0.05, 0.1) is 87.9 Å². The Kier molecular flexibility index (Phi) is 18.9. The molecule has 1 aromatic heterocycles. The molecule has 3 heterocycles. The number of nitrogens with two attached hydrogens (primary N) is 1. The summed E-state index contributed by atoms with van der Waals surface area (Å²) in [6.45, 7) is 32.3. The number of carbonyl (C=O) groups excluding carboxylic acids is 5. The number of nitrogen functional groups attached to an aromatic ring is 1. The summed E-state index contributed by atoms with van der Waals surface area (Å²) in [7, 11) is 1.71. The number of nitrogens with one attached hydrogen (secondary N) is 1. The lowest BCUT2D eigenvalue weighted by Crippen LogP contribution is -2.46. The normalized spacial score (nSPS) is 17.7. The molecule has 0 unspecified atom stereocenters. The van der Waals surface area contributed by atoms with Crippen LogP contribution in [0.15, 0.2) is 54.3 Å². The summed E-state index contributed by atoms with van der Waals surface area (Å²) in [5.41, 5.74) is 8.88. The van der Waals surface area contributed by atoms with E-state index in [2.05, 4.69) is 93.5 Å². The lowest BCUT2D eigenvalue weighted by Gasteiger charge is -2.38. The first-order valence-electron chi connectivity index (χ1n) is 26.8. The van der Waals surface area contributed by atoms with Crippen molar-refractivity contribution < 1.29 is 61.2 Å². The molecule has 0 spiro atoms. The largest absolute Gasteiger partial charge is 0.493 e. The highest BCUT2D eigenvalue weighted by Gasteiger charge is 2.45. The second-order valence-corrected chi connectivity index (χ2v) is 34.2. The zero-order valence-electron chi connectivity index (χ0n) is 49.0. The average molecular weight is 1120 g/mol. The van der Waals surface area contributed by atoms with Gasteiger partial charge in [-0.15, -0.1) is 0 Å². The fourth-order valence-electron chi connectivity index (χ4n) is 9.38. The van der Waals surface area contributed by atoms with Gasteiger partial charge in [-0.25, -0.2) is 4.79 Å². The Bertz CT molecular complexity index is 2800. The third-order valence-corrected chi connectivity index (χ3v) is 25.1. The number of anilines is 2. The average Bonchev–Trinajstić information content (AvgIpc) is 4.02. The second-order valence-electron chi connectivity index (χ2n) is 24.6. The fraction of sp³-hybridized carbons (Fsp3) is 0.569. The van der Waals surface area contributed by atoms with Crippen molar-refractivity contribution in [3.8, 4) is 23.0 Å². The molecule has 3 N–H and O–H groups in total. The van der Waals surface area contributed by atoms with E-state index in [1.165, 1.54) is 32.0 Å². The lowest BCUT2D eigenvalue weighted by atomic mass is 9.91. The number of ketones is 2. The summed E-state index contributed by atoms with van der Waals surface area (Å²) in [4.78, 5) is 72.2. The van der Waals surface area contributed by atoms with Crippen LogP contribution in [0.4, 0.5) is 16.2 Å². The number of unbranched alkanes of at least 4 members (excludes halogenated alkanes) is 2. The van der Waals surface area contributed by atoms with Gasteiger partial charge in [-0.2, -0.15) is 0 Å². The number of Topliss-reactive ketones (excluding diaryl/α,β-unsaturated/α-hetero) is 1. The highest BCUT2D eigenvalue weighted by atomic mass is 28.4. The summed E-state index contributed by atoms with van der Waals surface area (Å²) < 4.78 is 49.5. The maximum Gasteiger partial charge on any atom is 0.412 e. The van der Waals surface area contributed by atoms with E-state index < -0.39 is 34.3 Å². The Morgan fingerprint density at radius 3 is 1.87 bits per heavy atom. The van der Waals surface area contributed by atoms with Gasteiger partial charge in [0.25, 0.3) is 11.8 Å². The topological polar surface area (TPSA) is 209 Å². The van der Waals surface area contributed by atoms with E-state index in [0.717, 1.165) is 11.6 Å². The number of hydrogen-bond acceptors (Lipinski definition) is 14. The van der Waals surface area contributed by atoms with Crippen molar-refractivity contribution in [2.75, 3.05) is 71.9 Å². The molecule has 1 aliphatic carbocycles. The highest BCUT2D eigenvalue weighted by molar-refractivity contribution is 6.74. The first-order chi connectivity index (χ1) is 36.3. The first-order valence-corrected chi connectivity index (χ1v) is 32.6. The Morgan fingerprint density at radius 1 is 0.756 bits per heavy atom. The number of allylic oxidation sites excluding steroid dienone is 2. The van der Waals surface area contributed by atoms with Gasteiger partial charge in [-0.3, -0.25) is 24.5 Å². The number of amides is 3. The van der Waals surface area contributed by atoms with Crippen LogP contribution in [0.1, 0.15) is 135 Å². The van der Waals surface area contributed by atoms with Gasteiger partial charge >= 0.3 is 6.09 Å².